The Balaban J connectivity index is 2.23. The lowest BCUT2D eigenvalue weighted by atomic mass is 10.1. The molecule has 0 fully saturated rings. The van der Waals surface area contributed by atoms with Gasteiger partial charge < -0.3 is 14.6 Å². The molecule has 0 bridgehead atoms. The van der Waals surface area contributed by atoms with Crippen molar-refractivity contribution >= 4 is 11.6 Å². The van der Waals surface area contributed by atoms with Crippen LogP contribution in [0.25, 0.3) is 0 Å². The Kier molecular flexibility index (Phi) is 4.13. The predicted molar refractivity (Wildman–Crippen MR) is 79.9 cm³/mol. The molecule has 1 atom stereocenters. The van der Waals surface area contributed by atoms with Crippen molar-refractivity contribution in [3.05, 3.63) is 53.5 Å². The molecule has 106 valence electrons. The van der Waals surface area contributed by atoms with Crippen molar-refractivity contribution in [1.82, 2.24) is 4.90 Å². The molecule has 0 spiro atoms. The molecular formula is C16H20N2O2. The number of amides is 1. The Morgan fingerprint density at radius 3 is 2.65 bits per heavy atom. The number of hydrogen-bond donors (Lipinski definition) is 1. The number of hydrogen-bond acceptors (Lipinski definition) is 3. The van der Waals surface area contributed by atoms with E-state index in [9.17, 15) is 4.79 Å². The second-order valence-corrected chi connectivity index (χ2v) is 5.11. The molecule has 0 radical (unpaired) electrons. The Morgan fingerprint density at radius 1 is 1.30 bits per heavy atom. The highest BCUT2D eigenvalue weighted by molar-refractivity contribution is 5.95. The molecule has 0 aliphatic rings. The van der Waals surface area contributed by atoms with Gasteiger partial charge in [0, 0.05) is 25.3 Å². The van der Waals surface area contributed by atoms with E-state index in [0.717, 1.165) is 17.0 Å². The first-order valence-corrected chi connectivity index (χ1v) is 6.61. The van der Waals surface area contributed by atoms with Gasteiger partial charge in [0.15, 0.2) is 0 Å². The number of carbonyl (C=O) groups excluding carboxylic acids is 1. The maximum atomic E-state index is 12.0. The average Bonchev–Trinajstić information content (AvgIpc) is 2.94. The Morgan fingerprint density at radius 2 is 2.05 bits per heavy atom. The van der Waals surface area contributed by atoms with E-state index in [4.69, 9.17) is 4.42 Å². The normalized spacial score (nSPS) is 12.0. The van der Waals surface area contributed by atoms with Gasteiger partial charge in [-0.15, -0.1) is 0 Å². The summed E-state index contributed by atoms with van der Waals surface area (Å²) in [5.74, 6) is 0.868. The lowest BCUT2D eigenvalue weighted by Gasteiger charge is -2.17. The third-order valence-corrected chi connectivity index (χ3v) is 3.23. The summed E-state index contributed by atoms with van der Waals surface area (Å²) in [6.07, 6.45) is 1.66. The van der Waals surface area contributed by atoms with Gasteiger partial charge in [-0.2, -0.15) is 0 Å². The number of anilines is 1. The molecule has 4 heteroatoms. The monoisotopic (exact) mass is 272 g/mol. The summed E-state index contributed by atoms with van der Waals surface area (Å²) in [6.45, 7) is 4.04. The van der Waals surface area contributed by atoms with Crippen LogP contribution in [0.1, 0.15) is 34.6 Å². The number of benzene rings is 1. The molecule has 1 amide bonds. The standard InChI is InChI=1S/C16H20N2O2/c1-11-7-8-13(16(19)18(3)4)10-14(11)17-12(2)15-6-5-9-20-15/h5-10,12,17H,1-4H3. The first kappa shape index (κ1) is 14.2. The number of furan rings is 1. The largest absolute Gasteiger partial charge is 0.467 e. The third kappa shape index (κ3) is 3.02. The number of carbonyl (C=O) groups is 1. The molecule has 0 aliphatic heterocycles. The SMILES string of the molecule is Cc1ccc(C(=O)N(C)C)cc1NC(C)c1ccco1. The maximum absolute atomic E-state index is 12.0. The smallest absolute Gasteiger partial charge is 0.253 e. The molecule has 2 aromatic rings. The molecule has 2 rings (SSSR count). The predicted octanol–water partition coefficient (Wildman–Crippen LogP) is 3.46. The van der Waals surface area contributed by atoms with Gasteiger partial charge in [-0.05, 0) is 43.7 Å². The highest BCUT2D eigenvalue weighted by Crippen LogP contribution is 2.24. The van der Waals surface area contributed by atoms with E-state index in [1.807, 2.05) is 44.2 Å². The molecule has 1 N–H and O–H groups in total. The zero-order chi connectivity index (χ0) is 14.7. The fourth-order valence-corrected chi connectivity index (χ4v) is 2.01. The van der Waals surface area contributed by atoms with Gasteiger partial charge >= 0.3 is 0 Å². The summed E-state index contributed by atoms with van der Waals surface area (Å²) in [4.78, 5) is 13.6. The van der Waals surface area contributed by atoms with E-state index < -0.39 is 0 Å². The number of nitrogens with one attached hydrogen (secondary N) is 1. The van der Waals surface area contributed by atoms with Crippen LogP contribution < -0.4 is 5.32 Å². The molecule has 0 saturated heterocycles. The topological polar surface area (TPSA) is 45.5 Å². The lowest BCUT2D eigenvalue weighted by molar-refractivity contribution is 0.0827. The van der Waals surface area contributed by atoms with Crippen LogP contribution in [-0.2, 0) is 0 Å². The van der Waals surface area contributed by atoms with Crippen molar-refractivity contribution in [1.29, 1.82) is 0 Å². The summed E-state index contributed by atoms with van der Waals surface area (Å²) in [7, 11) is 3.50. The van der Waals surface area contributed by atoms with E-state index in [-0.39, 0.29) is 11.9 Å². The van der Waals surface area contributed by atoms with Crippen LogP contribution in [-0.4, -0.2) is 24.9 Å². The summed E-state index contributed by atoms with van der Waals surface area (Å²) < 4.78 is 5.39. The van der Waals surface area contributed by atoms with Crippen molar-refractivity contribution in [3.8, 4) is 0 Å². The second kappa shape index (κ2) is 5.82. The molecule has 4 nitrogen and oxygen atoms in total. The molecule has 0 saturated carbocycles. The minimum Gasteiger partial charge on any atom is -0.467 e. The summed E-state index contributed by atoms with van der Waals surface area (Å²) in [6, 6.07) is 9.54. The van der Waals surface area contributed by atoms with Crippen molar-refractivity contribution in [2.45, 2.75) is 19.9 Å². The Bertz CT molecular complexity index is 589. The van der Waals surface area contributed by atoms with E-state index in [0.29, 0.717) is 5.56 Å². The molecule has 1 unspecified atom stereocenters. The van der Waals surface area contributed by atoms with Gasteiger partial charge in [0.2, 0.25) is 0 Å². The molecule has 20 heavy (non-hydrogen) atoms. The maximum Gasteiger partial charge on any atom is 0.253 e. The number of aryl methyl sites for hydroxylation is 1. The molecule has 1 aromatic carbocycles. The number of rotatable bonds is 4. The van der Waals surface area contributed by atoms with Crippen LogP contribution in [0.2, 0.25) is 0 Å². The molecular weight excluding hydrogens is 252 g/mol. The fourth-order valence-electron chi connectivity index (χ4n) is 2.01. The summed E-state index contributed by atoms with van der Waals surface area (Å²) >= 11 is 0. The minimum absolute atomic E-state index is 0.00120. The Hall–Kier alpha value is -2.23. The number of nitrogens with zero attached hydrogens (tertiary/aromatic N) is 1. The van der Waals surface area contributed by atoms with Gasteiger partial charge in [0.1, 0.15) is 5.76 Å². The second-order valence-electron chi connectivity index (χ2n) is 5.11. The van der Waals surface area contributed by atoms with Crippen molar-refractivity contribution in [2.24, 2.45) is 0 Å². The van der Waals surface area contributed by atoms with Crippen molar-refractivity contribution in [2.75, 3.05) is 19.4 Å². The van der Waals surface area contributed by atoms with Gasteiger partial charge in [0.25, 0.3) is 5.91 Å². The zero-order valence-corrected chi connectivity index (χ0v) is 12.3. The van der Waals surface area contributed by atoms with Crippen molar-refractivity contribution in [3.63, 3.8) is 0 Å². The van der Waals surface area contributed by atoms with E-state index in [2.05, 4.69) is 5.32 Å². The van der Waals surface area contributed by atoms with Crippen molar-refractivity contribution < 1.29 is 9.21 Å². The summed E-state index contributed by atoms with van der Waals surface area (Å²) in [5, 5.41) is 3.38. The molecule has 1 heterocycles. The van der Waals surface area contributed by atoms with Crippen LogP contribution in [0, 0.1) is 6.92 Å². The van der Waals surface area contributed by atoms with Crippen LogP contribution in [0.4, 0.5) is 5.69 Å². The van der Waals surface area contributed by atoms with Crippen LogP contribution in [0.3, 0.4) is 0 Å². The zero-order valence-electron chi connectivity index (χ0n) is 12.3. The minimum atomic E-state index is -0.00120. The average molecular weight is 272 g/mol. The highest BCUT2D eigenvalue weighted by Gasteiger charge is 2.13. The fraction of sp³-hybridized carbons (Fsp3) is 0.312. The van der Waals surface area contributed by atoms with Gasteiger partial charge in [-0.25, -0.2) is 0 Å². The van der Waals surface area contributed by atoms with E-state index in [1.54, 1.807) is 25.3 Å². The summed E-state index contributed by atoms with van der Waals surface area (Å²) in [5.41, 5.74) is 2.72. The quantitative estimate of drug-likeness (QED) is 0.927. The van der Waals surface area contributed by atoms with E-state index >= 15 is 0 Å². The van der Waals surface area contributed by atoms with Gasteiger partial charge in [0.05, 0.1) is 12.3 Å². The third-order valence-electron chi connectivity index (χ3n) is 3.23. The van der Waals surface area contributed by atoms with Gasteiger partial charge in [-0.1, -0.05) is 6.07 Å². The Labute approximate surface area is 119 Å². The van der Waals surface area contributed by atoms with Crippen LogP contribution in [0.5, 0.6) is 0 Å². The first-order chi connectivity index (χ1) is 9.49. The van der Waals surface area contributed by atoms with Crippen LogP contribution >= 0.6 is 0 Å². The highest BCUT2D eigenvalue weighted by atomic mass is 16.3. The molecule has 0 aliphatic carbocycles. The van der Waals surface area contributed by atoms with Crippen LogP contribution in [0.15, 0.2) is 41.0 Å². The lowest BCUT2D eigenvalue weighted by Crippen LogP contribution is -2.21. The molecule has 1 aromatic heterocycles. The van der Waals surface area contributed by atoms with Gasteiger partial charge in [-0.3, -0.25) is 4.79 Å². The first-order valence-electron chi connectivity index (χ1n) is 6.61. The van der Waals surface area contributed by atoms with E-state index in [1.165, 1.54) is 0 Å².